The minimum atomic E-state index is -0.389. The summed E-state index contributed by atoms with van der Waals surface area (Å²) in [5.74, 6) is -0.389. The van der Waals surface area contributed by atoms with Gasteiger partial charge in [0.15, 0.2) is 0 Å². The van der Waals surface area contributed by atoms with E-state index in [1.54, 1.807) is 6.92 Å². The zero-order valence-electron chi connectivity index (χ0n) is 7.19. The molecule has 0 saturated heterocycles. The van der Waals surface area contributed by atoms with Crippen molar-refractivity contribution in [3.8, 4) is 0 Å². The van der Waals surface area contributed by atoms with Crippen LogP contribution in [0.5, 0.6) is 0 Å². The van der Waals surface area contributed by atoms with Crippen LogP contribution in [-0.4, -0.2) is 12.6 Å². The lowest BCUT2D eigenvalue weighted by Gasteiger charge is -2.00. The minimum Gasteiger partial charge on any atom is -0.462 e. The van der Waals surface area contributed by atoms with E-state index in [4.69, 9.17) is 4.74 Å². The van der Waals surface area contributed by atoms with Gasteiger partial charge in [-0.2, -0.15) is 0 Å². The van der Waals surface area contributed by atoms with Gasteiger partial charge in [0.1, 0.15) is 5.69 Å². The van der Waals surface area contributed by atoms with E-state index < -0.39 is 0 Å². The monoisotopic (exact) mass is 179 g/mol. The molecule has 0 aliphatic heterocycles. The topological polar surface area (TPSA) is 55.7 Å². The number of ether oxygens (including phenoxy) is 1. The Morgan fingerprint density at radius 1 is 1.38 bits per heavy atom. The average molecular weight is 179 g/mol. The van der Waals surface area contributed by atoms with Gasteiger partial charge in [0.05, 0.1) is 12.2 Å². The van der Waals surface area contributed by atoms with Crippen LogP contribution in [0.15, 0.2) is 29.4 Å². The Morgan fingerprint density at radius 2 is 2.00 bits per heavy atom. The van der Waals surface area contributed by atoms with Crippen molar-refractivity contribution in [2.24, 2.45) is 5.18 Å². The van der Waals surface area contributed by atoms with Crippen molar-refractivity contribution < 1.29 is 9.53 Å². The molecule has 0 radical (unpaired) electrons. The van der Waals surface area contributed by atoms with E-state index in [0.29, 0.717) is 17.9 Å². The molecule has 0 N–H and O–H groups in total. The number of nitrogens with zero attached hydrogens (tertiary/aromatic N) is 1. The third-order valence-corrected chi connectivity index (χ3v) is 1.48. The van der Waals surface area contributed by atoms with E-state index >= 15 is 0 Å². The van der Waals surface area contributed by atoms with Gasteiger partial charge >= 0.3 is 5.97 Å². The van der Waals surface area contributed by atoms with Crippen LogP contribution in [0.25, 0.3) is 0 Å². The summed E-state index contributed by atoms with van der Waals surface area (Å²) in [6.45, 7) is 2.08. The number of benzene rings is 1. The molecule has 1 rings (SSSR count). The molecule has 13 heavy (non-hydrogen) atoms. The molecule has 0 atom stereocenters. The zero-order valence-corrected chi connectivity index (χ0v) is 7.19. The highest BCUT2D eigenvalue weighted by Crippen LogP contribution is 2.12. The Hall–Kier alpha value is -1.71. The number of nitroso groups, excluding NO2 is 1. The molecular formula is C9H9NO3. The number of hydrogen-bond acceptors (Lipinski definition) is 4. The van der Waals surface area contributed by atoms with Gasteiger partial charge in [-0.1, -0.05) is 0 Å². The summed E-state index contributed by atoms with van der Waals surface area (Å²) in [5.41, 5.74) is 0.724. The number of hydrogen-bond donors (Lipinski definition) is 0. The third kappa shape index (κ3) is 2.37. The van der Waals surface area contributed by atoms with Gasteiger partial charge in [0, 0.05) is 0 Å². The van der Waals surface area contributed by atoms with E-state index in [-0.39, 0.29) is 5.97 Å². The summed E-state index contributed by atoms with van der Waals surface area (Å²) in [6, 6.07) is 5.96. The lowest BCUT2D eigenvalue weighted by molar-refractivity contribution is 0.0526. The van der Waals surface area contributed by atoms with Crippen molar-refractivity contribution >= 4 is 11.7 Å². The second kappa shape index (κ2) is 4.35. The van der Waals surface area contributed by atoms with Crippen molar-refractivity contribution in [3.05, 3.63) is 34.7 Å². The van der Waals surface area contributed by atoms with Crippen molar-refractivity contribution in [1.29, 1.82) is 0 Å². The molecule has 0 spiro atoms. The first kappa shape index (κ1) is 9.38. The minimum absolute atomic E-state index is 0.299. The van der Waals surface area contributed by atoms with Crippen LogP contribution in [0, 0.1) is 4.91 Å². The van der Waals surface area contributed by atoms with Gasteiger partial charge < -0.3 is 4.74 Å². The van der Waals surface area contributed by atoms with E-state index in [2.05, 4.69) is 5.18 Å². The highest BCUT2D eigenvalue weighted by molar-refractivity contribution is 5.89. The van der Waals surface area contributed by atoms with Gasteiger partial charge in [-0.05, 0) is 36.4 Å². The second-order valence-corrected chi connectivity index (χ2v) is 2.36. The number of rotatable bonds is 3. The Kier molecular flexibility index (Phi) is 3.14. The van der Waals surface area contributed by atoms with Crippen molar-refractivity contribution in [2.45, 2.75) is 6.92 Å². The summed E-state index contributed by atoms with van der Waals surface area (Å²) in [7, 11) is 0. The standard InChI is InChI=1S/C9H9NO3/c1-2-13-9(11)7-3-5-8(10-12)6-4-7/h3-6H,2H2,1H3. The number of esters is 1. The molecule has 1 aromatic rings. The Bertz CT molecular complexity index is 305. The fourth-order valence-corrected chi connectivity index (χ4v) is 0.873. The third-order valence-electron chi connectivity index (χ3n) is 1.48. The van der Waals surface area contributed by atoms with Crippen LogP contribution >= 0.6 is 0 Å². The maximum absolute atomic E-state index is 11.1. The Labute approximate surface area is 75.5 Å². The van der Waals surface area contributed by atoms with Gasteiger partial charge in [0.25, 0.3) is 0 Å². The van der Waals surface area contributed by atoms with Crippen LogP contribution in [0.1, 0.15) is 17.3 Å². The molecule has 0 unspecified atom stereocenters. The van der Waals surface area contributed by atoms with E-state index in [9.17, 15) is 9.70 Å². The number of carbonyl (C=O) groups excluding carboxylic acids is 1. The average Bonchev–Trinajstić information content (AvgIpc) is 2.18. The second-order valence-electron chi connectivity index (χ2n) is 2.36. The van der Waals surface area contributed by atoms with Crippen LogP contribution < -0.4 is 0 Å². The van der Waals surface area contributed by atoms with Crippen LogP contribution in [0.3, 0.4) is 0 Å². The van der Waals surface area contributed by atoms with Crippen LogP contribution in [0.2, 0.25) is 0 Å². The fourth-order valence-electron chi connectivity index (χ4n) is 0.873. The normalized spacial score (nSPS) is 9.31. The smallest absolute Gasteiger partial charge is 0.338 e. The van der Waals surface area contributed by atoms with E-state index in [1.807, 2.05) is 0 Å². The summed E-state index contributed by atoms with van der Waals surface area (Å²) in [5, 5.41) is 2.71. The molecule has 0 aromatic heterocycles. The Morgan fingerprint density at radius 3 is 2.46 bits per heavy atom. The van der Waals surface area contributed by atoms with Crippen molar-refractivity contribution in [1.82, 2.24) is 0 Å². The molecule has 4 heteroatoms. The fraction of sp³-hybridized carbons (Fsp3) is 0.222. The quantitative estimate of drug-likeness (QED) is 0.528. The molecular weight excluding hydrogens is 170 g/mol. The zero-order chi connectivity index (χ0) is 9.68. The van der Waals surface area contributed by atoms with Crippen LogP contribution in [0.4, 0.5) is 5.69 Å². The SMILES string of the molecule is CCOC(=O)c1ccc(N=O)cc1. The highest BCUT2D eigenvalue weighted by Gasteiger charge is 2.04. The molecule has 0 fully saturated rings. The van der Waals surface area contributed by atoms with Crippen molar-refractivity contribution in [3.63, 3.8) is 0 Å². The van der Waals surface area contributed by atoms with E-state index in [0.717, 1.165) is 0 Å². The first-order chi connectivity index (χ1) is 6.27. The molecule has 0 saturated carbocycles. The summed E-state index contributed by atoms with van der Waals surface area (Å²) in [4.78, 5) is 21.2. The number of carbonyl (C=O) groups is 1. The summed E-state index contributed by atoms with van der Waals surface area (Å²) in [6.07, 6.45) is 0. The van der Waals surface area contributed by atoms with Gasteiger partial charge in [-0.15, -0.1) is 4.91 Å². The Balaban J connectivity index is 2.79. The van der Waals surface area contributed by atoms with E-state index in [1.165, 1.54) is 24.3 Å². The van der Waals surface area contributed by atoms with Gasteiger partial charge in [-0.25, -0.2) is 4.79 Å². The van der Waals surface area contributed by atoms with Crippen molar-refractivity contribution in [2.75, 3.05) is 6.61 Å². The van der Waals surface area contributed by atoms with Crippen LogP contribution in [-0.2, 0) is 4.74 Å². The summed E-state index contributed by atoms with van der Waals surface area (Å²) < 4.78 is 4.75. The molecule has 68 valence electrons. The molecule has 0 amide bonds. The largest absolute Gasteiger partial charge is 0.462 e. The van der Waals surface area contributed by atoms with Gasteiger partial charge in [-0.3, -0.25) is 0 Å². The maximum Gasteiger partial charge on any atom is 0.338 e. The molecule has 0 bridgehead atoms. The maximum atomic E-state index is 11.1. The predicted octanol–water partition coefficient (Wildman–Crippen LogP) is 2.26. The first-order valence-electron chi connectivity index (χ1n) is 3.88. The highest BCUT2D eigenvalue weighted by atomic mass is 16.5. The molecule has 0 heterocycles. The molecule has 1 aromatic carbocycles. The molecule has 4 nitrogen and oxygen atoms in total. The van der Waals surface area contributed by atoms with Gasteiger partial charge in [0.2, 0.25) is 0 Å². The lowest BCUT2D eigenvalue weighted by atomic mass is 10.2. The first-order valence-corrected chi connectivity index (χ1v) is 3.88. The molecule has 0 aliphatic carbocycles. The lowest BCUT2D eigenvalue weighted by Crippen LogP contribution is -2.03. The molecule has 0 aliphatic rings. The predicted molar refractivity (Wildman–Crippen MR) is 47.9 cm³/mol. The summed E-state index contributed by atoms with van der Waals surface area (Å²) >= 11 is 0.